The van der Waals surface area contributed by atoms with E-state index in [-0.39, 0.29) is 0 Å². The maximum absolute atomic E-state index is 8.76. The number of nitriles is 1. The largest absolute Gasteiger partial charge is 0.313 e. The Morgan fingerprint density at radius 1 is 1.42 bits per heavy atom. The number of aromatic nitrogens is 2. The molecule has 2 rings (SSSR count). The average molecular weight is 275 g/mol. The average Bonchev–Trinajstić information content (AvgIpc) is 2.93. The number of nitrogens with zero attached hydrogens (tertiary/aromatic N) is 3. The molecule has 2 aromatic rings. The van der Waals surface area contributed by atoms with Crippen molar-refractivity contribution in [2.45, 2.75) is 19.5 Å². The molecule has 1 heterocycles. The lowest BCUT2D eigenvalue weighted by Gasteiger charge is -2.07. The van der Waals surface area contributed by atoms with Crippen LogP contribution in [-0.4, -0.2) is 16.3 Å². The van der Waals surface area contributed by atoms with Crippen molar-refractivity contribution >= 4 is 11.6 Å². The molecule has 0 aliphatic heterocycles. The molecule has 0 spiro atoms. The maximum atomic E-state index is 8.76. The number of aryl methyl sites for hydroxylation is 1. The van der Waals surface area contributed by atoms with Crippen LogP contribution in [0.25, 0.3) is 0 Å². The second-order valence-electron chi connectivity index (χ2n) is 4.22. The number of hydrogen-bond acceptors (Lipinski definition) is 3. The number of halogens is 1. The molecule has 0 fully saturated rings. The Hall–Kier alpha value is -1.83. The summed E-state index contributed by atoms with van der Waals surface area (Å²) in [6.07, 6.45) is 4.75. The highest BCUT2D eigenvalue weighted by molar-refractivity contribution is 6.31. The molecule has 5 heteroatoms. The minimum Gasteiger partial charge on any atom is -0.313 e. The van der Waals surface area contributed by atoms with Crippen LogP contribution >= 0.6 is 11.6 Å². The fraction of sp³-hybridized carbons (Fsp3) is 0.286. The first-order valence-electron chi connectivity index (χ1n) is 6.16. The zero-order valence-electron chi connectivity index (χ0n) is 10.5. The van der Waals surface area contributed by atoms with E-state index in [0.717, 1.165) is 25.1 Å². The second kappa shape index (κ2) is 6.93. The van der Waals surface area contributed by atoms with E-state index in [1.165, 1.54) is 0 Å². The van der Waals surface area contributed by atoms with Gasteiger partial charge in [-0.25, -0.2) is 0 Å². The molecule has 0 aliphatic rings. The molecule has 0 unspecified atom stereocenters. The summed E-state index contributed by atoms with van der Waals surface area (Å²) < 4.78 is 1.91. The van der Waals surface area contributed by atoms with E-state index in [4.69, 9.17) is 16.9 Å². The van der Waals surface area contributed by atoms with Gasteiger partial charge in [0.2, 0.25) is 0 Å². The third-order valence-corrected chi connectivity index (χ3v) is 3.15. The van der Waals surface area contributed by atoms with Gasteiger partial charge in [-0.15, -0.1) is 0 Å². The molecule has 19 heavy (non-hydrogen) atoms. The minimum absolute atomic E-state index is 0.590. The van der Waals surface area contributed by atoms with E-state index >= 15 is 0 Å². The molecule has 0 amide bonds. The van der Waals surface area contributed by atoms with Crippen LogP contribution in [0, 0.1) is 11.3 Å². The Labute approximate surface area is 117 Å². The standard InChI is InChI=1S/C14H15ClN4/c15-14-9-12(10-16)3-4-13(14)11-17-5-1-7-19-8-2-6-18-19/h2-4,6,8-9,17H,1,5,7,11H2. The van der Waals surface area contributed by atoms with E-state index in [2.05, 4.69) is 16.5 Å². The Kier molecular flexibility index (Phi) is 4.96. The normalized spacial score (nSPS) is 10.3. The lowest BCUT2D eigenvalue weighted by Crippen LogP contribution is -2.16. The Balaban J connectivity index is 1.72. The Morgan fingerprint density at radius 3 is 3.00 bits per heavy atom. The monoisotopic (exact) mass is 274 g/mol. The molecule has 0 bridgehead atoms. The second-order valence-corrected chi connectivity index (χ2v) is 4.62. The lowest BCUT2D eigenvalue weighted by atomic mass is 10.1. The molecule has 98 valence electrons. The van der Waals surface area contributed by atoms with Gasteiger partial charge in [-0.05, 0) is 36.7 Å². The van der Waals surface area contributed by atoms with Crippen LogP contribution < -0.4 is 5.32 Å². The van der Waals surface area contributed by atoms with E-state index in [1.54, 1.807) is 18.3 Å². The molecule has 0 atom stereocenters. The van der Waals surface area contributed by atoms with Gasteiger partial charge in [-0.3, -0.25) is 4.68 Å². The fourth-order valence-electron chi connectivity index (χ4n) is 1.78. The third-order valence-electron chi connectivity index (χ3n) is 2.80. The van der Waals surface area contributed by atoms with Gasteiger partial charge in [0.15, 0.2) is 0 Å². The predicted molar refractivity (Wildman–Crippen MR) is 74.7 cm³/mol. The van der Waals surface area contributed by atoms with Crippen molar-refractivity contribution in [1.29, 1.82) is 5.26 Å². The van der Waals surface area contributed by atoms with Gasteiger partial charge < -0.3 is 5.32 Å². The van der Waals surface area contributed by atoms with E-state index < -0.39 is 0 Å². The smallest absolute Gasteiger partial charge is 0.0992 e. The van der Waals surface area contributed by atoms with Crippen molar-refractivity contribution in [3.05, 3.63) is 52.8 Å². The van der Waals surface area contributed by atoms with Gasteiger partial charge in [0, 0.05) is 30.5 Å². The molecule has 1 N–H and O–H groups in total. The fourth-order valence-corrected chi connectivity index (χ4v) is 2.03. The first-order valence-corrected chi connectivity index (χ1v) is 6.54. The topological polar surface area (TPSA) is 53.6 Å². The van der Waals surface area contributed by atoms with Crippen LogP contribution in [0.4, 0.5) is 0 Å². The molecule has 4 nitrogen and oxygen atoms in total. The highest BCUT2D eigenvalue weighted by Gasteiger charge is 2.01. The van der Waals surface area contributed by atoms with Crippen LogP contribution in [0.15, 0.2) is 36.7 Å². The Morgan fingerprint density at radius 2 is 2.32 bits per heavy atom. The van der Waals surface area contributed by atoms with Crippen molar-refractivity contribution in [1.82, 2.24) is 15.1 Å². The van der Waals surface area contributed by atoms with Gasteiger partial charge in [0.25, 0.3) is 0 Å². The molecule has 0 aliphatic carbocycles. The van der Waals surface area contributed by atoms with E-state index in [0.29, 0.717) is 17.1 Å². The highest BCUT2D eigenvalue weighted by atomic mass is 35.5. The van der Waals surface area contributed by atoms with Crippen molar-refractivity contribution in [2.75, 3.05) is 6.54 Å². The minimum atomic E-state index is 0.590. The third kappa shape index (κ3) is 4.09. The van der Waals surface area contributed by atoms with Crippen LogP contribution in [0.1, 0.15) is 17.5 Å². The summed E-state index contributed by atoms with van der Waals surface area (Å²) in [6.45, 7) is 2.51. The zero-order valence-corrected chi connectivity index (χ0v) is 11.3. The summed E-state index contributed by atoms with van der Waals surface area (Å²) in [7, 11) is 0. The number of hydrogen-bond donors (Lipinski definition) is 1. The first kappa shape index (κ1) is 13.6. The Bertz CT molecular complexity index is 557. The maximum Gasteiger partial charge on any atom is 0.0992 e. The molecular formula is C14H15ClN4. The van der Waals surface area contributed by atoms with Crippen LogP contribution in [0.5, 0.6) is 0 Å². The first-order chi connectivity index (χ1) is 9.29. The van der Waals surface area contributed by atoms with Gasteiger partial charge in [0.1, 0.15) is 0 Å². The van der Waals surface area contributed by atoms with E-state index in [1.807, 2.05) is 23.0 Å². The summed E-state index contributed by atoms with van der Waals surface area (Å²) in [4.78, 5) is 0. The van der Waals surface area contributed by atoms with E-state index in [9.17, 15) is 0 Å². The number of rotatable bonds is 6. The van der Waals surface area contributed by atoms with Crippen molar-refractivity contribution in [2.24, 2.45) is 0 Å². The molecule has 1 aromatic carbocycles. The van der Waals surface area contributed by atoms with Crippen molar-refractivity contribution in [3.63, 3.8) is 0 Å². The summed E-state index contributed by atoms with van der Waals surface area (Å²) >= 11 is 6.10. The number of benzene rings is 1. The molecule has 1 aromatic heterocycles. The van der Waals surface area contributed by atoms with Gasteiger partial charge in [0.05, 0.1) is 11.6 Å². The SMILES string of the molecule is N#Cc1ccc(CNCCCn2cccn2)c(Cl)c1. The summed E-state index contributed by atoms with van der Waals surface area (Å²) in [5.41, 5.74) is 1.60. The molecule has 0 radical (unpaired) electrons. The number of nitrogens with one attached hydrogen (secondary N) is 1. The summed E-state index contributed by atoms with van der Waals surface area (Å²) in [5, 5.41) is 16.9. The zero-order chi connectivity index (χ0) is 13.5. The van der Waals surface area contributed by atoms with Gasteiger partial charge >= 0.3 is 0 Å². The van der Waals surface area contributed by atoms with Crippen molar-refractivity contribution < 1.29 is 0 Å². The molecule has 0 saturated carbocycles. The van der Waals surface area contributed by atoms with Gasteiger partial charge in [-0.2, -0.15) is 10.4 Å². The highest BCUT2D eigenvalue weighted by Crippen LogP contribution is 2.17. The van der Waals surface area contributed by atoms with Crippen LogP contribution in [0.2, 0.25) is 5.02 Å². The summed E-state index contributed by atoms with van der Waals surface area (Å²) in [6, 6.07) is 9.36. The van der Waals surface area contributed by atoms with Crippen LogP contribution in [-0.2, 0) is 13.1 Å². The molecular weight excluding hydrogens is 260 g/mol. The predicted octanol–water partition coefficient (Wildman–Crippen LogP) is 2.59. The lowest BCUT2D eigenvalue weighted by molar-refractivity contribution is 0.543. The van der Waals surface area contributed by atoms with Crippen LogP contribution in [0.3, 0.4) is 0 Å². The quantitative estimate of drug-likeness (QED) is 0.824. The molecule has 0 saturated heterocycles. The van der Waals surface area contributed by atoms with Crippen molar-refractivity contribution in [3.8, 4) is 6.07 Å². The summed E-state index contributed by atoms with van der Waals surface area (Å²) in [5.74, 6) is 0. The van der Waals surface area contributed by atoms with Gasteiger partial charge in [-0.1, -0.05) is 17.7 Å².